The highest BCUT2D eigenvalue weighted by molar-refractivity contribution is 7.15. The molecule has 0 saturated carbocycles. The van der Waals surface area contributed by atoms with E-state index >= 15 is 0 Å². The van der Waals surface area contributed by atoms with Crippen LogP contribution in [0.25, 0.3) is 17.2 Å². The zero-order valence-electron chi connectivity index (χ0n) is 22.3. The lowest BCUT2D eigenvalue weighted by atomic mass is 9.97. The van der Waals surface area contributed by atoms with Gasteiger partial charge in [-0.2, -0.15) is 0 Å². The minimum absolute atomic E-state index is 0.243. The number of hydrogen-bond acceptors (Lipinski definition) is 6. The molecule has 0 aliphatic carbocycles. The molecule has 2 aromatic carbocycles. The van der Waals surface area contributed by atoms with Gasteiger partial charge in [0.1, 0.15) is 10.6 Å². The number of rotatable bonds is 11. The van der Waals surface area contributed by atoms with E-state index in [1.54, 1.807) is 20.1 Å². The number of methoxy groups -OCH3 is 1. The highest BCUT2D eigenvalue weighted by atomic mass is 32.1. The van der Waals surface area contributed by atoms with E-state index in [4.69, 9.17) is 14.2 Å². The molecule has 196 valence electrons. The topological polar surface area (TPSA) is 73.9 Å². The molecule has 1 N–H and O–H groups in total. The van der Waals surface area contributed by atoms with Crippen LogP contribution in [0.4, 0.5) is 5.00 Å². The molecule has 0 aliphatic rings. The molecule has 0 radical (unpaired) electrons. The largest absolute Gasteiger partial charge is 0.493 e. The van der Waals surface area contributed by atoms with E-state index in [0.717, 1.165) is 34.2 Å². The molecule has 1 heterocycles. The number of carbonyl (C=O) groups excluding carboxylic acids is 2. The van der Waals surface area contributed by atoms with Gasteiger partial charge in [0.05, 0.1) is 20.3 Å². The summed E-state index contributed by atoms with van der Waals surface area (Å²) in [7, 11) is 1.59. The maximum atomic E-state index is 12.9. The lowest BCUT2D eigenvalue weighted by Gasteiger charge is -2.12. The Morgan fingerprint density at radius 2 is 1.84 bits per heavy atom. The molecule has 0 fully saturated rings. The first kappa shape index (κ1) is 28.0. The van der Waals surface area contributed by atoms with Gasteiger partial charge in [-0.15, -0.1) is 11.3 Å². The molecule has 7 heteroatoms. The average Bonchev–Trinajstić information content (AvgIpc) is 3.26. The molecule has 1 amide bonds. The standard InChI is InChI=1S/C30H35NO5S/c1-7-35-30(33)28-24(23-11-8-20(4)16-21(23)5)18-37-29(28)31-27(32)13-10-22-9-12-25(26(17-22)34-6)36-15-14-19(2)3/h8-13,16-19H,7,14-15H2,1-6H3,(H,31,32)/b13-10+. The molecule has 0 bridgehead atoms. The van der Waals surface area contributed by atoms with E-state index in [-0.39, 0.29) is 12.5 Å². The quantitative estimate of drug-likeness (QED) is 0.212. The number of anilines is 1. The van der Waals surface area contributed by atoms with Crippen LogP contribution in [-0.4, -0.2) is 32.2 Å². The van der Waals surface area contributed by atoms with Gasteiger partial charge >= 0.3 is 5.97 Å². The van der Waals surface area contributed by atoms with E-state index in [9.17, 15) is 9.59 Å². The van der Waals surface area contributed by atoms with E-state index in [1.807, 2.05) is 49.6 Å². The van der Waals surface area contributed by atoms with Gasteiger partial charge in [-0.1, -0.05) is 43.7 Å². The summed E-state index contributed by atoms with van der Waals surface area (Å²) < 4.78 is 16.6. The van der Waals surface area contributed by atoms with E-state index in [0.29, 0.717) is 34.6 Å². The van der Waals surface area contributed by atoms with Gasteiger partial charge in [0.2, 0.25) is 5.91 Å². The Hall–Kier alpha value is -3.58. The Morgan fingerprint density at radius 3 is 2.51 bits per heavy atom. The fourth-order valence-corrected chi connectivity index (χ4v) is 4.76. The molecule has 37 heavy (non-hydrogen) atoms. The second-order valence-corrected chi connectivity index (χ2v) is 10.0. The molecule has 0 aliphatic heterocycles. The van der Waals surface area contributed by atoms with Crippen LogP contribution in [0.3, 0.4) is 0 Å². The lowest BCUT2D eigenvalue weighted by molar-refractivity contribution is -0.111. The van der Waals surface area contributed by atoms with Crippen molar-refractivity contribution in [3.63, 3.8) is 0 Å². The third kappa shape index (κ3) is 7.46. The third-order valence-electron chi connectivity index (χ3n) is 5.75. The number of benzene rings is 2. The van der Waals surface area contributed by atoms with Crippen LogP contribution < -0.4 is 14.8 Å². The maximum Gasteiger partial charge on any atom is 0.341 e. The molecular formula is C30H35NO5S. The zero-order valence-corrected chi connectivity index (χ0v) is 23.2. The Kier molecular flexibility index (Phi) is 9.92. The van der Waals surface area contributed by atoms with Gasteiger partial charge in [0, 0.05) is 17.0 Å². The number of esters is 1. The number of ether oxygens (including phenoxy) is 3. The van der Waals surface area contributed by atoms with Crippen LogP contribution in [0.5, 0.6) is 11.5 Å². The summed E-state index contributed by atoms with van der Waals surface area (Å²) in [5.41, 5.74) is 5.02. The molecule has 0 atom stereocenters. The maximum absolute atomic E-state index is 12.9. The van der Waals surface area contributed by atoms with E-state index in [1.165, 1.54) is 17.4 Å². The summed E-state index contributed by atoms with van der Waals surface area (Å²) in [6.07, 6.45) is 4.07. The van der Waals surface area contributed by atoms with Crippen LogP contribution in [0.1, 0.15) is 54.2 Å². The fourth-order valence-electron chi connectivity index (χ4n) is 3.81. The molecule has 0 spiro atoms. The van der Waals surface area contributed by atoms with E-state index in [2.05, 4.69) is 25.2 Å². The number of thiophene rings is 1. The number of amides is 1. The van der Waals surface area contributed by atoms with Gasteiger partial charge in [-0.25, -0.2) is 4.79 Å². The Bertz CT molecular complexity index is 1270. The fraction of sp³-hybridized carbons (Fsp3) is 0.333. The van der Waals surface area contributed by atoms with Crippen LogP contribution in [0.15, 0.2) is 47.9 Å². The molecule has 0 unspecified atom stereocenters. The van der Waals surface area contributed by atoms with E-state index < -0.39 is 5.97 Å². The molecule has 6 nitrogen and oxygen atoms in total. The number of nitrogens with one attached hydrogen (secondary N) is 1. The van der Waals surface area contributed by atoms with Crippen molar-refractivity contribution in [1.82, 2.24) is 0 Å². The van der Waals surface area contributed by atoms with Gasteiger partial charge in [-0.3, -0.25) is 4.79 Å². The van der Waals surface area contributed by atoms with Crippen molar-refractivity contribution < 1.29 is 23.8 Å². The monoisotopic (exact) mass is 521 g/mol. The second kappa shape index (κ2) is 13.1. The minimum atomic E-state index is -0.462. The van der Waals surface area contributed by atoms with Crippen molar-refractivity contribution in [1.29, 1.82) is 0 Å². The van der Waals surface area contributed by atoms with Crippen LogP contribution in [0, 0.1) is 19.8 Å². The van der Waals surface area contributed by atoms with Crippen LogP contribution in [0.2, 0.25) is 0 Å². The van der Waals surface area contributed by atoms with Crippen molar-refractivity contribution >= 4 is 34.3 Å². The van der Waals surface area contributed by atoms with Crippen molar-refractivity contribution in [3.05, 3.63) is 70.1 Å². The van der Waals surface area contributed by atoms with Crippen molar-refractivity contribution in [2.24, 2.45) is 5.92 Å². The summed E-state index contributed by atoms with van der Waals surface area (Å²) in [6.45, 7) is 10.9. The summed E-state index contributed by atoms with van der Waals surface area (Å²) in [6, 6.07) is 11.6. The van der Waals surface area contributed by atoms with Gasteiger partial charge in [0.25, 0.3) is 0 Å². The van der Waals surface area contributed by atoms with Crippen molar-refractivity contribution in [2.75, 3.05) is 25.6 Å². The predicted octanol–water partition coefficient (Wildman–Crippen LogP) is 7.29. The number of carbonyl (C=O) groups is 2. The third-order valence-corrected chi connectivity index (χ3v) is 6.64. The molecular weight excluding hydrogens is 486 g/mol. The number of aryl methyl sites for hydroxylation is 2. The second-order valence-electron chi connectivity index (χ2n) is 9.16. The van der Waals surface area contributed by atoms with Crippen molar-refractivity contribution in [2.45, 2.75) is 41.0 Å². The number of hydrogen-bond donors (Lipinski definition) is 1. The predicted molar refractivity (Wildman–Crippen MR) is 151 cm³/mol. The first-order valence-corrected chi connectivity index (χ1v) is 13.3. The molecule has 3 rings (SSSR count). The van der Waals surface area contributed by atoms with Crippen LogP contribution in [-0.2, 0) is 9.53 Å². The highest BCUT2D eigenvalue weighted by Gasteiger charge is 2.23. The average molecular weight is 522 g/mol. The highest BCUT2D eigenvalue weighted by Crippen LogP contribution is 2.38. The summed E-state index contributed by atoms with van der Waals surface area (Å²) >= 11 is 1.30. The molecule has 0 saturated heterocycles. The lowest BCUT2D eigenvalue weighted by Crippen LogP contribution is -2.12. The first-order chi connectivity index (χ1) is 17.7. The molecule has 1 aromatic heterocycles. The van der Waals surface area contributed by atoms with Crippen LogP contribution >= 0.6 is 11.3 Å². The minimum Gasteiger partial charge on any atom is -0.493 e. The van der Waals surface area contributed by atoms with Gasteiger partial charge in [0.15, 0.2) is 11.5 Å². The molecule has 3 aromatic rings. The normalized spacial score (nSPS) is 11.1. The first-order valence-electron chi connectivity index (χ1n) is 12.4. The SMILES string of the molecule is CCOC(=O)c1c(-c2ccc(C)cc2C)csc1NC(=O)/C=C/c1ccc(OCCC(C)C)c(OC)c1. The van der Waals surface area contributed by atoms with Gasteiger partial charge < -0.3 is 19.5 Å². The zero-order chi connectivity index (χ0) is 26.9. The smallest absolute Gasteiger partial charge is 0.341 e. The summed E-state index contributed by atoms with van der Waals surface area (Å²) in [5.74, 6) is 1.01. The van der Waals surface area contributed by atoms with Gasteiger partial charge in [-0.05, 0) is 68.0 Å². The Morgan fingerprint density at radius 1 is 1.05 bits per heavy atom. The summed E-state index contributed by atoms with van der Waals surface area (Å²) in [5, 5.41) is 5.19. The van der Waals surface area contributed by atoms with Crippen molar-refractivity contribution in [3.8, 4) is 22.6 Å². The Labute approximate surface area is 223 Å². The summed E-state index contributed by atoms with van der Waals surface area (Å²) in [4.78, 5) is 25.7. The Balaban J connectivity index is 1.80.